The van der Waals surface area contributed by atoms with Crippen molar-refractivity contribution < 1.29 is 13.2 Å². The maximum Gasteiger partial charge on any atom is 0.402 e. The van der Waals surface area contributed by atoms with Crippen LogP contribution in [0.3, 0.4) is 0 Å². The molecule has 0 bridgehead atoms. The number of hydrogen-bond acceptors (Lipinski definition) is 2. The number of alkyl halides is 3. The molecule has 2 heterocycles. The SMILES string of the molecule is CC1(C(F)(F)F)c2cc(Cl)ccc2Nc2c1cc[nH]c2=O. The first-order valence-corrected chi connectivity index (χ1v) is 6.49. The summed E-state index contributed by atoms with van der Waals surface area (Å²) in [5, 5.41) is 2.97. The summed E-state index contributed by atoms with van der Waals surface area (Å²) in [6, 6.07) is 5.46. The Labute approximate surface area is 122 Å². The van der Waals surface area contributed by atoms with Crippen LogP contribution in [0, 0.1) is 0 Å². The van der Waals surface area contributed by atoms with Gasteiger partial charge in [-0.25, -0.2) is 0 Å². The van der Waals surface area contributed by atoms with E-state index >= 15 is 0 Å². The van der Waals surface area contributed by atoms with Gasteiger partial charge in [0.25, 0.3) is 5.56 Å². The molecule has 0 saturated carbocycles. The fourth-order valence-electron chi connectivity index (χ4n) is 2.64. The molecule has 1 aliphatic heterocycles. The van der Waals surface area contributed by atoms with Crippen molar-refractivity contribution in [3.8, 4) is 0 Å². The number of hydrogen-bond donors (Lipinski definition) is 2. The summed E-state index contributed by atoms with van der Waals surface area (Å²) < 4.78 is 41.3. The van der Waals surface area contributed by atoms with Crippen LogP contribution in [0.5, 0.6) is 0 Å². The molecular formula is C14H10ClF3N2O. The van der Waals surface area contributed by atoms with Crippen LogP contribution in [0.2, 0.25) is 5.02 Å². The standard InChI is InChI=1S/C14H10ClF3N2O/c1-13(14(16,17)18)8-4-5-19-12(21)11(8)20-10-3-2-7(15)6-9(10)13/h2-6,20H,1H3,(H,19,21). The summed E-state index contributed by atoms with van der Waals surface area (Å²) in [6.45, 7) is 1.06. The molecule has 0 fully saturated rings. The van der Waals surface area contributed by atoms with Crippen molar-refractivity contribution in [3.63, 3.8) is 0 Å². The maximum absolute atomic E-state index is 13.8. The minimum atomic E-state index is -4.57. The van der Waals surface area contributed by atoms with Crippen LogP contribution < -0.4 is 10.9 Å². The van der Waals surface area contributed by atoms with E-state index in [2.05, 4.69) is 10.3 Å². The molecule has 0 radical (unpaired) electrons. The zero-order valence-electron chi connectivity index (χ0n) is 10.8. The molecule has 0 saturated heterocycles. The van der Waals surface area contributed by atoms with Crippen LogP contribution in [-0.2, 0) is 5.41 Å². The van der Waals surface area contributed by atoms with Crippen LogP contribution in [0.4, 0.5) is 24.5 Å². The molecule has 1 aliphatic rings. The summed E-state index contributed by atoms with van der Waals surface area (Å²) in [4.78, 5) is 14.2. The quantitative estimate of drug-likeness (QED) is 0.773. The van der Waals surface area contributed by atoms with Gasteiger partial charge in [-0.3, -0.25) is 4.79 Å². The molecule has 2 N–H and O–H groups in total. The molecular weight excluding hydrogens is 305 g/mol. The van der Waals surface area contributed by atoms with Crippen molar-refractivity contribution in [1.82, 2.24) is 4.98 Å². The molecule has 2 aromatic rings. The average molecular weight is 315 g/mol. The van der Waals surface area contributed by atoms with Crippen LogP contribution in [0.25, 0.3) is 0 Å². The first-order valence-electron chi connectivity index (χ1n) is 6.11. The lowest BCUT2D eigenvalue weighted by molar-refractivity contribution is -0.173. The van der Waals surface area contributed by atoms with E-state index in [0.717, 1.165) is 6.92 Å². The van der Waals surface area contributed by atoms with Crippen LogP contribution >= 0.6 is 11.6 Å². The van der Waals surface area contributed by atoms with Crippen molar-refractivity contribution in [2.45, 2.75) is 18.5 Å². The van der Waals surface area contributed by atoms with Crippen LogP contribution in [-0.4, -0.2) is 11.2 Å². The molecule has 7 heteroatoms. The normalized spacial score (nSPS) is 20.4. The first-order chi connectivity index (χ1) is 9.75. The van der Waals surface area contributed by atoms with Crippen molar-refractivity contribution in [3.05, 3.63) is 57.0 Å². The van der Waals surface area contributed by atoms with Crippen LogP contribution in [0.15, 0.2) is 35.3 Å². The smallest absolute Gasteiger partial charge is 0.351 e. The number of halogens is 4. The summed E-state index contributed by atoms with van der Waals surface area (Å²) in [5.74, 6) is 0. The number of anilines is 2. The predicted octanol–water partition coefficient (Wildman–Crippen LogP) is 3.95. The summed E-state index contributed by atoms with van der Waals surface area (Å²) in [6.07, 6.45) is -3.36. The molecule has 3 rings (SSSR count). The van der Waals surface area contributed by atoms with Crippen molar-refractivity contribution >= 4 is 23.0 Å². The zero-order valence-corrected chi connectivity index (χ0v) is 11.6. The van der Waals surface area contributed by atoms with Gasteiger partial charge in [0.2, 0.25) is 0 Å². The van der Waals surface area contributed by atoms with Crippen molar-refractivity contribution in [2.75, 3.05) is 5.32 Å². The number of rotatable bonds is 0. The van der Waals surface area contributed by atoms with Crippen LogP contribution in [0.1, 0.15) is 18.1 Å². The number of pyridine rings is 1. The highest BCUT2D eigenvalue weighted by molar-refractivity contribution is 6.30. The molecule has 1 aromatic carbocycles. The number of aromatic amines is 1. The fraction of sp³-hybridized carbons (Fsp3) is 0.214. The van der Waals surface area contributed by atoms with Gasteiger partial charge in [0.1, 0.15) is 11.1 Å². The van der Waals surface area contributed by atoms with Gasteiger partial charge < -0.3 is 10.3 Å². The average Bonchev–Trinajstić information content (AvgIpc) is 2.40. The number of H-pyrrole nitrogens is 1. The Bertz CT molecular complexity index is 785. The van der Waals surface area contributed by atoms with E-state index in [9.17, 15) is 18.0 Å². The molecule has 0 amide bonds. The summed E-state index contributed by atoms with van der Waals surface area (Å²) in [5.41, 5.74) is -2.88. The van der Waals surface area contributed by atoms with Gasteiger partial charge in [-0.1, -0.05) is 11.6 Å². The first kappa shape index (κ1) is 14.0. The monoisotopic (exact) mass is 314 g/mol. The Morgan fingerprint density at radius 2 is 1.90 bits per heavy atom. The highest BCUT2D eigenvalue weighted by Crippen LogP contribution is 2.53. The Hall–Kier alpha value is -1.95. The van der Waals surface area contributed by atoms with Gasteiger partial charge in [-0.05, 0) is 36.8 Å². The van der Waals surface area contributed by atoms with Gasteiger partial charge in [-0.15, -0.1) is 0 Å². The number of aromatic nitrogens is 1. The lowest BCUT2D eigenvalue weighted by Gasteiger charge is -2.39. The van der Waals surface area contributed by atoms with E-state index in [1.807, 2.05) is 0 Å². The molecule has 0 spiro atoms. The minimum Gasteiger partial charge on any atom is -0.351 e. The third-order valence-electron chi connectivity index (χ3n) is 3.85. The Balaban J connectivity index is 2.42. The van der Waals surface area contributed by atoms with Gasteiger partial charge in [0, 0.05) is 22.5 Å². The molecule has 1 aromatic heterocycles. The third-order valence-corrected chi connectivity index (χ3v) is 4.08. The molecule has 1 unspecified atom stereocenters. The molecule has 3 nitrogen and oxygen atoms in total. The van der Waals surface area contributed by atoms with E-state index in [0.29, 0.717) is 0 Å². The summed E-state index contributed by atoms with van der Waals surface area (Å²) in [7, 11) is 0. The van der Waals surface area contributed by atoms with Crippen molar-refractivity contribution in [1.29, 1.82) is 0 Å². The van der Waals surface area contributed by atoms with Gasteiger partial charge >= 0.3 is 6.18 Å². The Morgan fingerprint density at radius 1 is 1.19 bits per heavy atom. The van der Waals surface area contributed by atoms with E-state index in [-0.39, 0.29) is 27.5 Å². The maximum atomic E-state index is 13.8. The Morgan fingerprint density at radius 3 is 2.57 bits per heavy atom. The van der Waals surface area contributed by atoms with Crippen molar-refractivity contribution in [2.24, 2.45) is 0 Å². The lowest BCUT2D eigenvalue weighted by atomic mass is 9.72. The predicted molar refractivity (Wildman–Crippen MR) is 74.3 cm³/mol. The topological polar surface area (TPSA) is 44.9 Å². The number of benzene rings is 1. The van der Waals surface area contributed by atoms with E-state index in [4.69, 9.17) is 11.6 Å². The van der Waals surface area contributed by atoms with Gasteiger partial charge in [0.15, 0.2) is 0 Å². The summed E-state index contributed by atoms with van der Waals surface area (Å²) >= 11 is 5.85. The second-order valence-corrected chi connectivity index (χ2v) is 5.47. The molecule has 21 heavy (non-hydrogen) atoms. The molecule has 1 atom stereocenters. The van der Waals surface area contributed by atoms with Gasteiger partial charge in [0.05, 0.1) is 0 Å². The molecule has 110 valence electrons. The fourth-order valence-corrected chi connectivity index (χ4v) is 2.82. The Kier molecular flexibility index (Phi) is 2.85. The molecule has 0 aliphatic carbocycles. The number of fused-ring (bicyclic) bond motifs is 2. The zero-order chi connectivity index (χ0) is 15.4. The van der Waals surface area contributed by atoms with Gasteiger partial charge in [-0.2, -0.15) is 13.2 Å². The second-order valence-electron chi connectivity index (χ2n) is 5.03. The third kappa shape index (κ3) is 1.86. The van der Waals surface area contributed by atoms with E-state index in [1.54, 1.807) is 0 Å². The number of nitrogens with one attached hydrogen (secondary N) is 2. The van der Waals surface area contributed by atoms with E-state index in [1.165, 1.54) is 30.5 Å². The lowest BCUT2D eigenvalue weighted by Crippen LogP contribution is -2.44. The highest BCUT2D eigenvalue weighted by atomic mass is 35.5. The minimum absolute atomic E-state index is 0.000556. The highest BCUT2D eigenvalue weighted by Gasteiger charge is 2.57. The van der Waals surface area contributed by atoms with E-state index < -0.39 is 17.2 Å². The largest absolute Gasteiger partial charge is 0.402 e. The second kappa shape index (κ2) is 4.27.